The Bertz CT molecular complexity index is 942. The van der Waals surface area contributed by atoms with Gasteiger partial charge in [0.1, 0.15) is 9.88 Å². The Morgan fingerprint density at radius 2 is 2.00 bits per heavy atom. The van der Waals surface area contributed by atoms with Crippen molar-refractivity contribution in [2.24, 2.45) is 0 Å². The first-order chi connectivity index (χ1) is 13.2. The fraction of sp³-hybridized carbons (Fsp3) is 0.211. The van der Waals surface area contributed by atoms with Crippen molar-refractivity contribution in [2.75, 3.05) is 36.5 Å². The minimum absolute atomic E-state index is 0.195. The lowest BCUT2D eigenvalue weighted by Gasteiger charge is -2.30. The van der Waals surface area contributed by atoms with E-state index in [1.165, 1.54) is 11.3 Å². The molecular formula is C19H17ClN4O2S. The molecule has 27 heavy (non-hydrogen) atoms. The van der Waals surface area contributed by atoms with Gasteiger partial charge in [0, 0.05) is 31.0 Å². The predicted molar refractivity (Wildman–Crippen MR) is 108 cm³/mol. The molecule has 1 amide bonds. The maximum absolute atomic E-state index is 12.8. The average Bonchev–Trinajstić information content (AvgIpc) is 3.12. The van der Waals surface area contributed by atoms with Gasteiger partial charge in [-0.25, -0.2) is 4.98 Å². The highest BCUT2D eigenvalue weighted by atomic mass is 35.5. The largest absolute Gasteiger partial charge is 0.378 e. The van der Waals surface area contributed by atoms with Crippen LogP contribution in [-0.4, -0.2) is 42.2 Å². The molecule has 0 bridgehead atoms. The van der Waals surface area contributed by atoms with Crippen molar-refractivity contribution in [1.82, 2.24) is 9.97 Å². The van der Waals surface area contributed by atoms with Crippen molar-refractivity contribution >= 4 is 40.2 Å². The first kappa shape index (κ1) is 17.9. The van der Waals surface area contributed by atoms with Crippen LogP contribution in [0.1, 0.15) is 9.67 Å². The van der Waals surface area contributed by atoms with E-state index in [0.29, 0.717) is 23.1 Å². The van der Waals surface area contributed by atoms with E-state index >= 15 is 0 Å². The molecule has 3 aromatic rings. The molecule has 0 radical (unpaired) electrons. The van der Waals surface area contributed by atoms with Crippen molar-refractivity contribution in [3.05, 3.63) is 58.8 Å². The summed E-state index contributed by atoms with van der Waals surface area (Å²) in [7, 11) is 0. The SMILES string of the molecule is O=C(Nc1ccccc1N1CCOCC1)c1sc(-c2cccnc2)nc1Cl. The van der Waals surface area contributed by atoms with Crippen LogP contribution < -0.4 is 10.2 Å². The highest BCUT2D eigenvalue weighted by Gasteiger charge is 2.20. The molecule has 8 heteroatoms. The van der Waals surface area contributed by atoms with Gasteiger partial charge in [-0.15, -0.1) is 11.3 Å². The van der Waals surface area contributed by atoms with Gasteiger partial charge in [-0.1, -0.05) is 23.7 Å². The second-order valence-electron chi connectivity index (χ2n) is 5.95. The maximum atomic E-state index is 12.8. The summed E-state index contributed by atoms with van der Waals surface area (Å²) in [4.78, 5) is 23.8. The number of thiazole rings is 1. The number of halogens is 1. The quantitative estimate of drug-likeness (QED) is 0.718. The van der Waals surface area contributed by atoms with Gasteiger partial charge < -0.3 is 15.0 Å². The molecule has 0 spiro atoms. The Hall–Kier alpha value is -2.48. The molecule has 4 rings (SSSR count). The Morgan fingerprint density at radius 1 is 1.19 bits per heavy atom. The molecule has 2 aromatic heterocycles. The molecule has 0 atom stereocenters. The Morgan fingerprint density at radius 3 is 2.78 bits per heavy atom. The minimum Gasteiger partial charge on any atom is -0.378 e. The summed E-state index contributed by atoms with van der Waals surface area (Å²) < 4.78 is 5.41. The number of anilines is 2. The number of para-hydroxylation sites is 2. The fourth-order valence-electron chi connectivity index (χ4n) is 2.89. The van der Waals surface area contributed by atoms with E-state index in [9.17, 15) is 4.79 Å². The number of hydrogen-bond acceptors (Lipinski definition) is 6. The van der Waals surface area contributed by atoms with Crippen LogP contribution in [0.3, 0.4) is 0 Å². The van der Waals surface area contributed by atoms with E-state index in [1.54, 1.807) is 12.4 Å². The minimum atomic E-state index is -0.270. The number of aromatic nitrogens is 2. The van der Waals surface area contributed by atoms with E-state index in [0.717, 1.165) is 30.0 Å². The van der Waals surface area contributed by atoms with Crippen LogP contribution in [0.2, 0.25) is 5.15 Å². The van der Waals surface area contributed by atoms with E-state index in [1.807, 2.05) is 36.4 Å². The van der Waals surface area contributed by atoms with Gasteiger partial charge in [0.05, 0.1) is 24.6 Å². The second-order valence-corrected chi connectivity index (χ2v) is 7.31. The van der Waals surface area contributed by atoms with Gasteiger partial charge in [-0.2, -0.15) is 0 Å². The summed E-state index contributed by atoms with van der Waals surface area (Å²) in [6.45, 7) is 2.94. The summed E-state index contributed by atoms with van der Waals surface area (Å²) in [5, 5.41) is 3.84. The summed E-state index contributed by atoms with van der Waals surface area (Å²) >= 11 is 7.49. The molecule has 0 unspecified atom stereocenters. The van der Waals surface area contributed by atoms with E-state index in [2.05, 4.69) is 20.2 Å². The molecule has 0 aliphatic carbocycles. The number of amides is 1. The molecule has 1 aliphatic rings. The van der Waals surface area contributed by atoms with Crippen molar-refractivity contribution in [3.8, 4) is 10.6 Å². The third-order valence-electron chi connectivity index (χ3n) is 4.20. The van der Waals surface area contributed by atoms with Crippen LogP contribution in [-0.2, 0) is 4.74 Å². The molecule has 1 aromatic carbocycles. The van der Waals surface area contributed by atoms with Crippen LogP contribution in [0, 0.1) is 0 Å². The van der Waals surface area contributed by atoms with Crippen molar-refractivity contribution in [1.29, 1.82) is 0 Å². The zero-order chi connectivity index (χ0) is 18.6. The number of hydrogen-bond donors (Lipinski definition) is 1. The van der Waals surface area contributed by atoms with Gasteiger partial charge in [-0.3, -0.25) is 9.78 Å². The number of ether oxygens (including phenoxy) is 1. The molecule has 1 fully saturated rings. The number of rotatable bonds is 4. The van der Waals surface area contributed by atoms with E-state index in [4.69, 9.17) is 16.3 Å². The number of carbonyl (C=O) groups is 1. The second kappa shape index (κ2) is 8.04. The van der Waals surface area contributed by atoms with Crippen LogP contribution in [0.15, 0.2) is 48.8 Å². The third kappa shape index (κ3) is 3.95. The summed E-state index contributed by atoms with van der Waals surface area (Å²) in [5.74, 6) is -0.270. The average molecular weight is 401 g/mol. The molecule has 6 nitrogen and oxygen atoms in total. The summed E-state index contributed by atoms with van der Waals surface area (Å²) in [6.07, 6.45) is 3.39. The Balaban J connectivity index is 1.58. The zero-order valence-electron chi connectivity index (χ0n) is 14.4. The van der Waals surface area contributed by atoms with Gasteiger partial charge >= 0.3 is 0 Å². The first-order valence-corrected chi connectivity index (χ1v) is 9.71. The molecule has 1 saturated heterocycles. The number of pyridine rings is 1. The van der Waals surface area contributed by atoms with Gasteiger partial charge in [0.2, 0.25) is 0 Å². The van der Waals surface area contributed by atoms with Gasteiger partial charge in [0.15, 0.2) is 5.15 Å². The number of nitrogens with zero attached hydrogens (tertiary/aromatic N) is 3. The van der Waals surface area contributed by atoms with Crippen LogP contribution in [0.4, 0.5) is 11.4 Å². The lowest BCUT2D eigenvalue weighted by molar-refractivity contribution is 0.103. The first-order valence-electron chi connectivity index (χ1n) is 8.52. The fourth-order valence-corrected chi connectivity index (χ4v) is 4.07. The molecule has 1 N–H and O–H groups in total. The lowest BCUT2D eigenvalue weighted by atomic mass is 10.2. The van der Waals surface area contributed by atoms with Crippen LogP contribution in [0.25, 0.3) is 10.6 Å². The van der Waals surface area contributed by atoms with E-state index < -0.39 is 0 Å². The zero-order valence-corrected chi connectivity index (χ0v) is 16.0. The Kier molecular flexibility index (Phi) is 5.33. The molecule has 1 aliphatic heterocycles. The molecule has 3 heterocycles. The topological polar surface area (TPSA) is 67.4 Å². The molecular weight excluding hydrogens is 384 g/mol. The highest BCUT2D eigenvalue weighted by molar-refractivity contribution is 7.17. The molecule has 138 valence electrons. The van der Waals surface area contributed by atoms with Crippen molar-refractivity contribution < 1.29 is 9.53 Å². The lowest BCUT2D eigenvalue weighted by Crippen LogP contribution is -2.36. The monoisotopic (exact) mass is 400 g/mol. The Labute approximate surface area is 165 Å². The van der Waals surface area contributed by atoms with Gasteiger partial charge in [-0.05, 0) is 24.3 Å². The number of benzene rings is 1. The molecule has 0 saturated carbocycles. The maximum Gasteiger partial charge on any atom is 0.269 e. The third-order valence-corrected chi connectivity index (χ3v) is 5.69. The van der Waals surface area contributed by atoms with E-state index in [-0.39, 0.29) is 11.1 Å². The normalized spacial score (nSPS) is 14.2. The number of carbonyl (C=O) groups excluding carboxylic acids is 1. The summed E-state index contributed by atoms with van der Waals surface area (Å²) in [6, 6.07) is 11.5. The van der Waals surface area contributed by atoms with Crippen molar-refractivity contribution in [2.45, 2.75) is 0 Å². The predicted octanol–water partition coefficient (Wildman–Crippen LogP) is 3.95. The standard InChI is InChI=1S/C19H17ClN4O2S/c20-17-16(27-19(23-17)13-4-3-7-21-12-13)18(25)22-14-5-1-2-6-15(14)24-8-10-26-11-9-24/h1-7,12H,8-11H2,(H,22,25). The van der Waals surface area contributed by atoms with Gasteiger partial charge in [0.25, 0.3) is 5.91 Å². The van der Waals surface area contributed by atoms with Crippen molar-refractivity contribution in [3.63, 3.8) is 0 Å². The van der Waals surface area contributed by atoms with Crippen LogP contribution in [0.5, 0.6) is 0 Å². The smallest absolute Gasteiger partial charge is 0.269 e. The number of morpholine rings is 1. The highest BCUT2D eigenvalue weighted by Crippen LogP contribution is 2.32. The number of nitrogens with one attached hydrogen (secondary N) is 1. The summed E-state index contributed by atoms with van der Waals surface area (Å²) in [5.41, 5.74) is 2.55. The van der Waals surface area contributed by atoms with Crippen LogP contribution >= 0.6 is 22.9 Å².